The van der Waals surface area contributed by atoms with Crippen LogP contribution in [0.25, 0.3) is 0 Å². The number of rotatable bonds is 2. The van der Waals surface area contributed by atoms with E-state index in [9.17, 15) is 4.79 Å². The topological polar surface area (TPSA) is 29.5 Å². The fraction of sp³-hybridized carbons (Fsp3) is 0.417. The summed E-state index contributed by atoms with van der Waals surface area (Å²) < 4.78 is 5.29. The first kappa shape index (κ1) is 11.3. The number of halogens is 1. The first-order chi connectivity index (χ1) is 7.63. The molecule has 1 heterocycles. The van der Waals surface area contributed by atoms with Gasteiger partial charge in [0.15, 0.2) is 0 Å². The van der Waals surface area contributed by atoms with Crippen LogP contribution < -0.4 is 9.64 Å². The highest BCUT2D eigenvalue weighted by atomic mass is 35.5. The van der Waals surface area contributed by atoms with Gasteiger partial charge in [-0.3, -0.25) is 4.79 Å². The van der Waals surface area contributed by atoms with Crippen LogP contribution in [0.2, 0.25) is 0 Å². The van der Waals surface area contributed by atoms with Gasteiger partial charge in [-0.05, 0) is 18.6 Å². The van der Waals surface area contributed by atoms with Gasteiger partial charge in [0.1, 0.15) is 5.75 Å². The number of alkyl halides is 1. The minimum Gasteiger partial charge on any atom is -0.495 e. The van der Waals surface area contributed by atoms with Gasteiger partial charge in [0.25, 0.3) is 0 Å². The van der Waals surface area contributed by atoms with E-state index in [0.717, 1.165) is 17.0 Å². The molecule has 0 saturated carbocycles. The lowest BCUT2D eigenvalue weighted by atomic mass is 10.1. The summed E-state index contributed by atoms with van der Waals surface area (Å²) >= 11 is 6.00. The van der Waals surface area contributed by atoms with Crippen LogP contribution >= 0.6 is 11.6 Å². The number of methoxy groups -OCH3 is 1. The highest BCUT2D eigenvalue weighted by Gasteiger charge is 2.31. The summed E-state index contributed by atoms with van der Waals surface area (Å²) in [6.07, 6.45) is 0.402. The molecule has 0 radical (unpaired) electrons. The van der Waals surface area contributed by atoms with Crippen molar-refractivity contribution in [3.63, 3.8) is 0 Å². The zero-order chi connectivity index (χ0) is 11.7. The molecule has 1 aromatic rings. The van der Waals surface area contributed by atoms with Gasteiger partial charge in [-0.25, -0.2) is 0 Å². The van der Waals surface area contributed by atoms with Gasteiger partial charge in [0.2, 0.25) is 5.91 Å². The van der Waals surface area contributed by atoms with Gasteiger partial charge in [0, 0.05) is 13.0 Å². The predicted molar refractivity (Wildman–Crippen MR) is 64.3 cm³/mol. The molecular weight excluding hydrogens is 226 g/mol. The monoisotopic (exact) mass is 239 g/mol. The lowest BCUT2D eigenvalue weighted by Gasteiger charge is -2.21. The molecule has 1 aliphatic heterocycles. The molecule has 4 heteroatoms. The van der Waals surface area contributed by atoms with Gasteiger partial charge in [0.05, 0.1) is 18.2 Å². The minimum absolute atomic E-state index is 0.0626. The average Bonchev–Trinajstić information content (AvgIpc) is 2.57. The molecule has 0 bridgehead atoms. The zero-order valence-corrected chi connectivity index (χ0v) is 10.1. The van der Waals surface area contributed by atoms with Crippen LogP contribution in [0.15, 0.2) is 18.2 Å². The maximum Gasteiger partial charge on any atom is 0.228 e. The Hall–Kier alpha value is -1.22. The number of hydrogen-bond donors (Lipinski definition) is 0. The SMILES string of the molecule is COc1cccc(C)c1N1CC(Cl)CC1=O. The van der Waals surface area contributed by atoms with Crippen LogP contribution in [0.3, 0.4) is 0 Å². The molecule has 1 unspecified atom stereocenters. The maximum absolute atomic E-state index is 11.8. The van der Waals surface area contributed by atoms with E-state index in [4.69, 9.17) is 16.3 Å². The Balaban J connectivity index is 2.43. The standard InChI is InChI=1S/C12H14ClNO2/c1-8-4-3-5-10(16-2)12(8)14-7-9(13)6-11(14)15/h3-5,9H,6-7H2,1-2H3. The van der Waals surface area contributed by atoms with Crippen molar-refractivity contribution in [2.75, 3.05) is 18.6 Å². The second-order valence-electron chi connectivity index (χ2n) is 3.93. The first-order valence-corrected chi connectivity index (χ1v) is 5.65. The molecule has 0 N–H and O–H groups in total. The molecule has 1 aromatic carbocycles. The van der Waals surface area contributed by atoms with E-state index in [0.29, 0.717) is 13.0 Å². The number of carbonyl (C=O) groups is 1. The lowest BCUT2D eigenvalue weighted by molar-refractivity contribution is -0.117. The van der Waals surface area contributed by atoms with Crippen molar-refractivity contribution < 1.29 is 9.53 Å². The number of para-hydroxylation sites is 1. The van der Waals surface area contributed by atoms with Crippen molar-refractivity contribution in [2.24, 2.45) is 0 Å². The first-order valence-electron chi connectivity index (χ1n) is 5.21. The largest absolute Gasteiger partial charge is 0.495 e. The number of anilines is 1. The van der Waals surface area contributed by atoms with Crippen LogP contribution in [0.1, 0.15) is 12.0 Å². The molecule has 1 saturated heterocycles. The average molecular weight is 240 g/mol. The molecular formula is C12H14ClNO2. The Labute approximate surface area is 100.0 Å². The van der Waals surface area contributed by atoms with E-state index in [1.165, 1.54) is 0 Å². The molecule has 1 fully saturated rings. The van der Waals surface area contributed by atoms with Crippen molar-refractivity contribution in [3.8, 4) is 5.75 Å². The molecule has 0 aromatic heterocycles. The number of amides is 1. The Kier molecular flexibility index (Phi) is 3.06. The van der Waals surface area contributed by atoms with Crippen LogP contribution in [0, 0.1) is 6.92 Å². The molecule has 1 atom stereocenters. The summed E-state index contributed by atoms with van der Waals surface area (Å²) in [6, 6.07) is 5.74. The van der Waals surface area contributed by atoms with Crippen LogP contribution in [0.4, 0.5) is 5.69 Å². The molecule has 1 aliphatic rings. The third-order valence-corrected chi connectivity index (χ3v) is 3.06. The van der Waals surface area contributed by atoms with Gasteiger partial charge < -0.3 is 9.64 Å². The number of nitrogens with zero attached hydrogens (tertiary/aromatic N) is 1. The summed E-state index contributed by atoms with van der Waals surface area (Å²) in [6.45, 7) is 2.52. The second-order valence-corrected chi connectivity index (χ2v) is 4.55. The predicted octanol–water partition coefficient (Wildman–Crippen LogP) is 2.35. The highest BCUT2D eigenvalue weighted by Crippen LogP contribution is 2.35. The molecule has 16 heavy (non-hydrogen) atoms. The van der Waals surface area contributed by atoms with E-state index in [1.54, 1.807) is 12.0 Å². The molecule has 86 valence electrons. The summed E-state index contributed by atoms with van der Waals surface area (Å²) in [5.74, 6) is 0.784. The number of carbonyl (C=O) groups excluding carboxylic acids is 1. The Morgan fingerprint density at radius 1 is 1.50 bits per heavy atom. The van der Waals surface area contributed by atoms with Crippen molar-refractivity contribution in [3.05, 3.63) is 23.8 Å². The third-order valence-electron chi connectivity index (χ3n) is 2.77. The van der Waals surface area contributed by atoms with Crippen LogP contribution in [-0.4, -0.2) is 24.9 Å². The van der Waals surface area contributed by atoms with Crippen molar-refractivity contribution >= 4 is 23.2 Å². The van der Waals surface area contributed by atoms with Crippen molar-refractivity contribution in [1.29, 1.82) is 0 Å². The number of hydrogen-bond acceptors (Lipinski definition) is 2. The van der Waals surface area contributed by atoms with Crippen LogP contribution in [-0.2, 0) is 4.79 Å². The van der Waals surface area contributed by atoms with Crippen LogP contribution in [0.5, 0.6) is 5.75 Å². The van der Waals surface area contributed by atoms with Gasteiger partial charge in [-0.15, -0.1) is 11.6 Å². The number of aryl methyl sites for hydroxylation is 1. The second kappa shape index (κ2) is 4.34. The number of ether oxygens (including phenoxy) is 1. The zero-order valence-electron chi connectivity index (χ0n) is 9.37. The normalized spacial score (nSPS) is 20.3. The fourth-order valence-corrected chi connectivity index (χ4v) is 2.29. The summed E-state index contributed by atoms with van der Waals surface area (Å²) in [7, 11) is 1.61. The highest BCUT2D eigenvalue weighted by molar-refractivity contribution is 6.24. The van der Waals surface area contributed by atoms with E-state index in [-0.39, 0.29) is 11.3 Å². The fourth-order valence-electron chi connectivity index (χ4n) is 2.02. The summed E-state index contributed by atoms with van der Waals surface area (Å²) in [5, 5.41) is -0.100. The molecule has 0 aliphatic carbocycles. The molecule has 1 amide bonds. The quantitative estimate of drug-likeness (QED) is 0.742. The molecule has 0 spiro atoms. The van der Waals surface area contributed by atoms with E-state index in [2.05, 4.69) is 0 Å². The van der Waals surface area contributed by atoms with E-state index < -0.39 is 0 Å². The summed E-state index contributed by atoms with van der Waals surface area (Å²) in [4.78, 5) is 13.5. The Morgan fingerprint density at radius 2 is 2.25 bits per heavy atom. The maximum atomic E-state index is 11.8. The van der Waals surface area contributed by atoms with Crippen molar-refractivity contribution in [1.82, 2.24) is 0 Å². The lowest BCUT2D eigenvalue weighted by Crippen LogP contribution is -2.25. The van der Waals surface area contributed by atoms with Crippen molar-refractivity contribution in [2.45, 2.75) is 18.7 Å². The Bertz CT molecular complexity index is 419. The number of benzene rings is 1. The smallest absolute Gasteiger partial charge is 0.228 e. The molecule has 3 nitrogen and oxygen atoms in total. The molecule has 2 rings (SSSR count). The summed E-state index contributed by atoms with van der Waals surface area (Å²) in [5.41, 5.74) is 1.87. The van der Waals surface area contributed by atoms with Gasteiger partial charge >= 0.3 is 0 Å². The van der Waals surface area contributed by atoms with E-state index >= 15 is 0 Å². The van der Waals surface area contributed by atoms with E-state index in [1.807, 2.05) is 25.1 Å². The Morgan fingerprint density at radius 3 is 2.81 bits per heavy atom. The minimum atomic E-state index is -0.100. The van der Waals surface area contributed by atoms with Gasteiger partial charge in [-0.1, -0.05) is 12.1 Å². The van der Waals surface area contributed by atoms with Gasteiger partial charge in [-0.2, -0.15) is 0 Å². The third kappa shape index (κ3) is 1.87.